The Morgan fingerprint density at radius 1 is 1.46 bits per heavy atom. The summed E-state index contributed by atoms with van der Waals surface area (Å²) in [6.07, 6.45) is 12.7. The summed E-state index contributed by atoms with van der Waals surface area (Å²) in [7, 11) is 0. The largest absolute Gasteiger partial charge is 0.393 e. The predicted molar refractivity (Wildman–Crippen MR) is 56.6 cm³/mol. The Bertz CT molecular complexity index is 151. The summed E-state index contributed by atoms with van der Waals surface area (Å²) < 4.78 is 0. The molecule has 0 spiro atoms. The van der Waals surface area contributed by atoms with Crippen molar-refractivity contribution in [1.82, 2.24) is 0 Å². The first-order valence-electron chi connectivity index (χ1n) is 5.69. The Hall–Kier alpha value is -0.300. The fourth-order valence-electron chi connectivity index (χ4n) is 1.98. The zero-order chi connectivity index (χ0) is 9.52. The molecule has 0 saturated carbocycles. The Morgan fingerprint density at radius 3 is 2.92 bits per heavy atom. The first-order chi connectivity index (χ1) is 6.34. The zero-order valence-electron chi connectivity index (χ0n) is 8.71. The van der Waals surface area contributed by atoms with Crippen LogP contribution in [0.25, 0.3) is 0 Å². The molecule has 76 valence electrons. The minimum Gasteiger partial charge on any atom is -0.393 e. The van der Waals surface area contributed by atoms with Gasteiger partial charge >= 0.3 is 0 Å². The molecule has 0 bridgehead atoms. The van der Waals surface area contributed by atoms with Gasteiger partial charge in [-0.2, -0.15) is 0 Å². The molecule has 0 aliphatic heterocycles. The topological polar surface area (TPSA) is 20.2 Å². The molecule has 0 aromatic heterocycles. The molecule has 1 N–H and O–H groups in total. The molecule has 1 aliphatic carbocycles. The molecule has 0 radical (unpaired) electrons. The summed E-state index contributed by atoms with van der Waals surface area (Å²) in [6, 6.07) is 0. The second-order valence-electron chi connectivity index (χ2n) is 4.09. The van der Waals surface area contributed by atoms with Gasteiger partial charge in [0.15, 0.2) is 0 Å². The predicted octanol–water partition coefficient (Wildman–Crippen LogP) is 3.28. The quantitative estimate of drug-likeness (QED) is 0.511. The van der Waals surface area contributed by atoms with Crippen molar-refractivity contribution < 1.29 is 5.11 Å². The Morgan fingerprint density at radius 2 is 2.31 bits per heavy atom. The van der Waals surface area contributed by atoms with E-state index >= 15 is 0 Å². The molecule has 0 heterocycles. The van der Waals surface area contributed by atoms with Gasteiger partial charge in [-0.3, -0.25) is 0 Å². The summed E-state index contributed by atoms with van der Waals surface area (Å²) in [6.45, 7) is 2.20. The zero-order valence-corrected chi connectivity index (χ0v) is 8.71. The van der Waals surface area contributed by atoms with E-state index in [9.17, 15) is 5.11 Å². The van der Waals surface area contributed by atoms with E-state index in [-0.39, 0.29) is 6.10 Å². The van der Waals surface area contributed by atoms with E-state index in [0.29, 0.717) is 5.92 Å². The van der Waals surface area contributed by atoms with E-state index in [1.54, 1.807) is 0 Å². The van der Waals surface area contributed by atoms with Gasteiger partial charge in [0.2, 0.25) is 0 Å². The average molecular weight is 182 g/mol. The Balaban J connectivity index is 2.17. The van der Waals surface area contributed by atoms with Crippen LogP contribution in [0, 0.1) is 5.92 Å². The van der Waals surface area contributed by atoms with Crippen LogP contribution in [0.1, 0.15) is 51.9 Å². The second kappa shape index (κ2) is 6.20. The van der Waals surface area contributed by atoms with Crippen molar-refractivity contribution in [3.05, 3.63) is 12.2 Å². The SMILES string of the molecule is CCCCC[C@H](O)[C@H]1C=CCCC1. The minimum absolute atomic E-state index is 0.0805. The van der Waals surface area contributed by atoms with Crippen molar-refractivity contribution in [2.24, 2.45) is 5.92 Å². The highest BCUT2D eigenvalue weighted by atomic mass is 16.3. The summed E-state index contributed by atoms with van der Waals surface area (Å²) in [5.74, 6) is 0.450. The van der Waals surface area contributed by atoms with Crippen LogP contribution >= 0.6 is 0 Å². The van der Waals surface area contributed by atoms with Gasteiger partial charge in [-0.05, 0) is 25.7 Å². The van der Waals surface area contributed by atoms with E-state index in [0.717, 1.165) is 6.42 Å². The molecule has 2 atom stereocenters. The third kappa shape index (κ3) is 3.95. The van der Waals surface area contributed by atoms with E-state index in [1.165, 1.54) is 38.5 Å². The van der Waals surface area contributed by atoms with Crippen LogP contribution < -0.4 is 0 Å². The number of hydrogen-bond acceptors (Lipinski definition) is 1. The number of aliphatic hydroxyl groups is 1. The van der Waals surface area contributed by atoms with Gasteiger partial charge < -0.3 is 5.11 Å². The molecule has 0 amide bonds. The summed E-state index contributed by atoms with van der Waals surface area (Å²) in [5, 5.41) is 9.85. The summed E-state index contributed by atoms with van der Waals surface area (Å²) >= 11 is 0. The first-order valence-corrected chi connectivity index (χ1v) is 5.69. The lowest BCUT2D eigenvalue weighted by Crippen LogP contribution is -2.19. The van der Waals surface area contributed by atoms with Crippen molar-refractivity contribution in [1.29, 1.82) is 0 Å². The molecule has 1 rings (SSSR count). The fraction of sp³-hybridized carbons (Fsp3) is 0.833. The van der Waals surface area contributed by atoms with Crippen molar-refractivity contribution in [2.45, 2.75) is 58.0 Å². The van der Waals surface area contributed by atoms with Gasteiger partial charge in [0, 0.05) is 5.92 Å². The van der Waals surface area contributed by atoms with E-state index in [1.807, 2.05) is 0 Å². The lowest BCUT2D eigenvalue weighted by molar-refractivity contribution is 0.110. The molecule has 0 unspecified atom stereocenters. The van der Waals surface area contributed by atoms with Crippen LogP contribution in [-0.4, -0.2) is 11.2 Å². The summed E-state index contributed by atoms with van der Waals surface area (Å²) in [4.78, 5) is 0. The molecule has 1 heteroatoms. The molecular weight excluding hydrogens is 160 g/mol. The number of unbranched alkanes of at least 4 members (excludes halogenated alkanes) is 2. The molecule has 0 aromatic rings. The smallest absolute Gasteiger partial charge is 0.0602 e. The molecule has 13 heavy (non-hydrogen) atoms. The third-order valence-corrected chi connectivity index (χ3v) is 2.89. The maximum absolute atomic E-state index is 9.85. The molecule has 0 aromatic carbocycles. The maximum atomic E-state index is 9.85. The Labute approximate surface area is 81.9 Å². The first kappa shape index (κ1) is 10.8. The van der Waals surface area contributed by atoms with Crippen molar-refractivity contribution in [3.63, 3.8) is 0 Å². The summed E-state index contributed by atoms with van der Waals surface area (Å²) in [5.41, 5.74) is 0. The number of hydrogen-bond donors (Lipinski definition) is 1. The van der Waals surface area contributed by atoms with Crippen LogP contribution in [-0.2, 0) is 0 Å². The average Bonchev–Trinajstić information content (AvgIpc) is 2.19. The van der Waals surface area contributed by atoms with Gasteiger partial charge in [0.05, 0.1) is 6.10 Å². The van der Waals surface area contributed by atoms with Crippen LogP contribution in [0.5, 0.6) is 0 Å². The van der Waals surface area contributed by atoms with Gasteiger partial charge in [-0.15, -0.1) is 0 Å². The fourth-order valence-corrected chi connectivity index (χ4v) is 1.98. The minimum atomic E-state index is -0.0805. The number of rotatable bonds is 5. The van der Waals surface area contributed by atoms with Crippen LogP contribution in [0.4, 0.5) is 0 Å². The van der Waals surface area contributed by atoms with Crippen molar-refractivity contribution in [2.75, 3.05) is 0 Å². The highest BCUT2D eigenvalue weighted by Gasteiger charge is 2.17. The van der Waals surface area contributed by atoms with Crippen LogP contribution in [0.15, 0.2) is 12.2 Å². The maximum Gasteiger partial charge on any atom is 0.0602 e. The van der Waals surface area contributed by atoms with Gasteiger partial charge in [0.25, 0.3) is 0 Å². The third-order valence-electron chi connectivity index (χ3n) is 2.89. The lowest BCUT2D eigenvalue weighted by atomic mass is 9.88. The highest BCUT2D eigenvalue weighted by Crippen LogP contribution is 2.23. The highest BCUT2D eigenvalue weighted by molar-refractivity contribution is 4.95. The lowest BCUT2D eigenvalue weighted by Gasteiger charge is -2.22. The Kier molecular flexibility index (Phi) is 5.14. The standard InChI is InChI=1S/C12H22O/c1-2-3-5-10-12(13)11-8-6-4-7-9-11/h6,8,11-13H,2-5,7,9-10H2,1H3/t11-,12-/m0/s1. The van der Waals surface area contributed by atoms with Crippen molar-refractivity contribution in [3.8, 4) is 0 Å². The molecule has 1 aliphatic rings. The van der Waals surface area contributed by atoms with Crippen molar-refractivity contribution >= 4 is 0 Å². The normalized spacial score (nSPS) is 24.6. The monoisotopic (exact) mass is 182 g/mol. The van der Waals surface area contributed by atoms with E-state index in [2.05, 4.69) is 19.1 Å². The van der Waals surface area contributed by atoms with E-state index in [4.69, 9.17) is 0 Å². The second-order valence-corrected chi connectivity index (χ2v) is 4.09. The number of aliphatic hydroxyl groups excluding tert-OH is 1. The van der Waals surface area contributed by atoms with Crippen LogP contribution in [0.2, 0.25) is 0 Å². The molecule has 1 nitrogen and oxygen atoms in total. The molecule has 0 fully saturated rings. The van der Waals surface area contributed by atoms with Crippen LogP contribution in [0.3, 0.4) is 0 Å². The molecule has 0 saturated heterocycles. The molecular formula is C12H22O. The number of allylic oxidation sites excluding steroid dienone is 1. The van der Waals surface area contributed by atoms with Gasteiger partial charge in [0.1, 0.15) is 0 Å². The van der Waals surface area contributed by atoms with Gasteiger partial charge in [-0.25, -0.2) is 0 Å². The van der Waals surface area contributed by atoms with Gasteiger partial charge in [-0.1, -0.05) is 38.3 Å². The van der Waals surface area contributed by atoms with E-state index < -0.39 is 0 Å².